The number of methoxy groups -OCH3 is 1. The van der Waals surface area contributed by atoms with Crippen LogP contribution >= 0.6 is 11.3 Å². The molecule has 102 valence electrons. The third-order valence-electron chi connectivity index (χ3n) is 3.22. The van der Waals surface area contributed by atoms with Crippen LogP contribution in [0.4, 0.5) is 0 Å². The van der Waals surface area contributed by atoms with E-state index in [-0.39, 0.29) is 6.04 Å². The molecule has 1 aromatic carbocycles. The van der Waals surface area contributed by atoms with Crippen molar-refractivity contribution in [2.24, 2.45) is 0 Å². The first-order valence-electron chi connectivity index (χ1n) is 6.38. The lowest BCUT2D eigenvalue weighted by Crippen LogP contribution is -2.19. The Morgan fingerprint density at radius 1 is 1.32 bits per heavy atom. The average Bonchev–Trinajstić information content (AvgIpc) is 2.75. The minimum Gasteiger partial charge on any atom is -0.496 e. The van der Waals surface area contributed by atoms with E-state index in [9.17, 15) is 0 Å². The molecule has 1 atom stereocenters. The fourth-order valence-electron chi connectivity index (χ4n) is 2.29. The molecule has 0 amide bonds. The van der Waals surface area contributed by atoms with Gasteiger partial charge in [0.15, 0.2) is 0 Å². The zero-order chi connectivity index (χ0) is 13.8. The van der Waals surface area contributed by atoms with Gasteiger partial charge in [0.05, 0.1) is 17.8 Å². The van der Waals surface area contributed by atoms with Crippen molar-refractivity contribution in [3.05, 3.63) is 45.4 Å². The summed E-state index contributed by atoms with van der Waals surface area (Å²) in [5.41, 5.74) is 2.34. The number of rotatable bonds is 5. The van der Waals surface area contributed by atoms with Gasteiger partial charge in [0.2, 0.25) is 0 Å². The summed E-state index contributed by atoms with van der Waals surface area (Å²) in [6.45, 7) is 4.13. The van der Waals surface area contributed by atoms with Crippen molar-refractivity contribution in [2.75, 3.05) is 14.2 Å². The van der Waals surface area contributed by atoms with Crippen LogP contribution in [0, 0.1) is 13.8 Å². The van der Waals surface area contributed by atoms with Crippen LogP contribution in [-0.4, -0.2) is 19.1 Å². The van der Waals surface area contributed by atoms with Crippen molar-refractivity contribution >= 4 is 11.3 Å². The molecule has 0 saturated carbocycles. The summed E-state index contributed by atoms with van der Waals surface area (Å²) in [5.74, 6) is 0.946. The molecule has 0 fully saturated rings. The van der Waals surface area contributed by atoms with Gasteiger partial charge in [0, 0.05) is 10.9 Å². The van der Waals surface area contributed by atoms with Gasteiger partial charge in [-0.1, -0.05) is 18.2 Å². The molecule has 0 saturated heterocycles. The quantitative estimate of drug-likeness (QED) is 0.910. The molecule has 19 heavy (non-hydrogen) atoms. The van der Waals surface area contributed by atoms with Crippen LogP contribution < -0.4 is 10.1 Å². The van der Waals surface area contributed by atoms with Crippen molar-refractivity contribution in [3.63, 3.8) is 0 Å². The van der Waals surface area contributed by atoms with Crippen molar-refractivity contribution in [1.29, 1.82) is 0 Å². The summed E-state index contributed by atoms with van der Waals surface area (Å²) in [6.07, 6.45) is 0.906. The topological polar surface area (TPSA) is 34.1 Å². The van der Waals surface area contributed by atoms with Crippen LogP contribution in [-0.2, 0) is 6.42 Å². The summed E-state index contributed by atoms with van der Waals surface area (Å²) >= 11 is 1.77. The number of nitrogens with one attached hydrogen (secondary N) is 1. The van der Waals surface area contributed by atoms with Gasteiger partial charge < -0.3 is 10.1 Å². The molecule has 0 radical (unpaired) electrons. The number of para-hydroxylation sites is 1. The van der Waals surface area contributed by atoms with Gasteiger partial charge in [0.1, 0.15) is 5.75 Å². The molecule has 0 aliphatic rings. The predicted octanol–water partition coefficient (Wildman–Crippen LogP) is 3.27. The number of ether oxygens (including phenoxy) is 1. The fraction of sp³-hybridized carbons (Fsp3) is 0.400. The number of hydrogen-bond donors (Lipinski definition) is 1. The largest absolute Gasteiger partial charge is 0.496 e. The second kappa shape index (κ2) is 6.17. The predicted molar refractivity (Wildman–Crippen MR) is 80.1 cm³/mol. The van der Waals surface area contributed by atoms with Crippen molar-refractivity contribution < 1.29 is 4.74 Å². The Balaban J connectivity index is 2.26. The first-order chi connectivity index (χ1) is 9.15. The molecule has 0 spiro atoms. The van der Waals surface area contributed by atoms with Crippen molar-refractivity contribution in [2.45, 2.75) is 26.3 Å². The molecule has 4 heteroatoms. The summed E-state index contributed by atoms with van der Waals surface area (Å²) in [4.78, 5) is 5.82. The van der Waals surface area contributed by atoms with Crippen molar-refractivity contribution in [3.8, 4) is 5.75 Å². The fourth-order valence-corrected chi connectivity index (χ4v) is 3.33. The highest BCUT2D eigenvalue weighted by atomic mass is 32.1. The molecular weight excluding hydrogens is 256 g/mol. The second-order valence-electron chi connectivity index (χ2n) is 4.54. The van der Waals surface area contributed by atoms with Gasteiger partial charge in [-0.2, -0.15) is 0 Å². The SMILES string of the molecule is CNC(Cc1ccccc1OC)c1sc(C)nc1C. The molecule has 1 heterocycles. The smallest absolute Gasteiger partial charge is 0.122 e. The Morgan fingerprint density at radius 3 is 2.63 bits per heavy atom. The van der Waals surface area contributed by atoms with Crippen LogP contribution in [0.2, 0.25) is 0 Å². The van der Waals surface area contributed by atoms with E-state index in [2.05, 4.69) is 36.3 Å². The summed E-state index contributed by atoms with van der Waals surface area (Å²) < 4.78 is 5.42. The highest BCUT2D eigenvalue weighted by Crippen LogP contribution is 2.29. The van der Waals surface area contributed by atoms with E-state index >= 15 is 0 Å². The molecule has 1 aromatic heterocycles. The second-order valence-corrected chi connectivity index (χ2v) is 5.77. The summed E-state index contributed by atoms with van der Waals surface area (Å²) in [6, 6.07) is 8.45. The molecule has 0 aliphatic heterocycles. The van der Waals surface area contributed by atoms with Gasteiger partial charge in [-0.25, -0.2) is 4.98 Å². The van der Waals surface area contributed by atoms with Crippen LogP contribution in [0.3, 0.4) is 0 Å². The molecule has 1 N–H and O–H groups in total. The number of aromatic nitrogens is 1. The third-order valence-corrected chi connectivity index (χ3v) is 4.41. The number of likely N-dealkylation sites (N-methyl/N-ethyl adjacent to an activating group) is 1. The highest BCUT2D eigenvalue weighted by Gasteiger charge is 2.17. The lowest BCUT2D eigenvalue weighted by atomic mass is 10.0. The minimum absolute atomic E-state index is 0.280. The first kappa shape index (κ1) is 14.0. The molecule has 3 nitrogen and oxygen atoms in total. The first-order valence-corrected chi connectivity index (χ1v) is 7.20. The Hall–Kier alpha value is -1.39. The lowest BCUT2D eigenvalue weighted by molar-refractivity contribution is 0.406. The Labute approximate surface area is 118 Å². The van der Waals surface area contributed by atoms with E-state index in [0.29, 0.717) is 0 Å². The van der Waals surface area contributed by atoms with E-state index in [0.717, 1.165) is 22.9 Å². The molecule has 1 unspecified atom stereocenters. The maximum atomic E-state index is 5.42. The van der Waals surface area contributed by atoms with Gasteiger partial charge in [-0.15, -0.1) is 11.3 Å². The van der Waals surface area contributed by atoms with E-state index in [4.69, 9.17) is 4.74 Å². The van der Waals surface area contributed by atoms with Gasteiger partial charge in [-0.05, 0) is 38.9 Å². The average molecular weight is 276 g/mol. The molecule has 2 aromatic rings. The Bertz CT molecular complexity index is 551. The zero-order valence-electron chi connectivity index (χ0n) is 11.9. The number of aryl methyl sites for hydroxylation is 2. The van der Waals surface area contributed by atoms with E-state index in [1.807, 2.05) is 19.2 Å². The van der Waals surface area contributed by atoms with Crippen LogP contribution in [0.1, 0.15) is 27.2 Å². The highest BCUT2D eigenvalue weighted by molar-refractivity contribution is 7.11. The van der Waals surface area contributed by atoms with Crippen LogP contribution in [0.5, 0.6) is 5.75 Å². The van der Waals surface area contributed by atoms with Gasteiger partial charge in [-0.3, -0.25) is 0 Å². The third kappa shape index (κ3) is 3.14. The monoisotopic (exact) mass is 276 g/mol. The van der Waals surface area contributed by atoms with E-state index in [1.54, 1.807) is 18.4 Å². The van der Waals surface area contributed by atoms with Gasteiger partial charge in [0.25, 0.3) is 0 Å². The van der Waals surface area contributed by atoms with E-state index < -0.39 is 0 Å². The minimum atomic E-state index is 0.280. The zero-order valence-corrected chi connectivity index (χ0v) is 12.7. The molecule has 0 bridgehead atoms. The number of nitrogens with zero attached hydrogens (tertiary/aromatic N) is 1. The number of benzene rings is 1. The number of hydrogen-bond acceptors (Lipinski definition) is 4. The van der Waals surface area contributed by atoms with E-state index in [1.165, 1.54) is 10.4 Å². The maximum absolute atomic E-state index is 5.42. The summed E-state index contributed by atoms with van der Waals surface area (Å²) in [7, 11) is 3.71. The van der Waals surface area contributed by atoms with Crippen molar-refractivity contribution in [1.82, 2.24) is 10.3 Å². The van der Waals surface area contributed by atoms with Gasteiger partial charge >= 0.3 is 0 Å². The summed E-state index contributed by atoms with van der Waals surface area (Å²) in [5, 5.41) is 4.51. The maximum Gasteiger partial charge on any atom is 0.122 e. The van der Waals surface area contributed by atoms with Crippen LogP contribution in [0.25, 0.3) is 0 Å². The standard InChI is InChI=1S/C15H20N2OS/c1-10-15(19-11(2)17-10)13(16-3)9-12-7-5-6-8-14(12)18-4/h5-8,13,16H,9H2,1-4H3. The lowest BCUT2D eigenvalue weighted by Gasteiger charge is -2.17. The molecule has 2 rings (SSSR count). The number of thiazole rings is 1. The Kier molecular flexibility index (Phi) is 4.56. The normalized spacial score (nSPS) is 12.4. The molecule has 0 aliphatic carbocycles. The Morgan fingerprint density at radius 2 is 2.05 bits per heavy atom. The van der Waals surface area contributed by atoms with Crippen LogP contribution in [0.15, 0.2) is 24.3 Å². The molecular formula is C15H20N2OS.